The maximum absolute atomic E-state index is 5.53. The fourth-order valence-electron chi connectivity index (χ4n) is 1.40. The third kappa shape index (κ3) is 3.39. The van der Waals surface area contributed by atoms with Crippen molar-refractivity contribution in [3.63, 3.8) is 0 Å². The summed E-state index contributed by atoms with van der Waals surface area (Å²) in [6, 6.07) is 3.95. The Labute approximate surface area is 105 Å². The normalized spacial score (nSPS) is 10.2. The molecule has 4 heteroatoms. The van der Waals surface area contributed by atoms with E-state index < -0.39 is 0 Å². The molecule has 3 nitrogen and oxygen atoms in total. The summed E-state index contributed by atoms with van der Waals surface area (Å²) >= 11 is 3.53. The first kappa shape index (κ1) is 13.3. The van der Waals surface area contributed by atoms with E-state index in [1.807, 2.05) is 19.1 Å². The molecule has 0 aromatic heterocycles. The van der Waals surface area contributed by atoms with E-state index in [1.165, 1.54) is 5.56 Å². The van der Waals surface area contributed by atoms with Crippen LogP contribution in [0.1, 0.15) is 19.4 Å². The molecule has 0 unspecified atom stereocenters. The van der Waals surface area contributed by atoms with Gasteiger partial charge < -0.3 is 14.8 Å². The Hall–Kier alpha value is -0.740. The fraction of sp³-hybridized carbons (Fsp3) is 0.500. The van der Waals surface area contributed by atoms with Gasteiger partial charge in [-0.1, -0.05) is 22.9 Å². The highest BCUT2D eigenvalue weighted by Crippen LogP contribution is 2.33. The summed E-state index contributed by atoms with van der Waals surface area (Å²) in [6.45, 7) is 6.45. The van der Waals surface area contributed by atoms with E-state index in [4.69, 9.17) is 9.47 Å². The summed E-state index contributed by atoms with van der Waals surface area (Å²) in [5.74, 6) is 1.55. The molecule has 0 atom stereocenters. The van der Waals surface area contributed by atoms with Gasteiger partial charge in [-0.2, -0.15) is 0 Å². The smallest absolute Gasteiger partial charge is 0.161 e. The molecular formula is C12H18BrNO2. The van der Waals surface area contributed by atoms with Gasteiger partial charge in [0.25, 0.3) is 0 Å². The highest BCUT2D eigenvalue weighted by atomic mass is 79.9. The average molecular weight is 288 g/mol. The third-order valence-corrected chi connectivity index (χ3v) is 2.94. The van der Waals surface area contributed by atoms with Gasteiger partial charge in [-0.25, -0.2) is 0 Å². The molecule has 0 fully saturated rings. The number of methoxy groups -OCH3 is 1. The van der Waals surface area contributed by atoms with Crippen LogP contribution in [-0.2, 0) is 6.54 Å². The predicted molar refractivity (Wildman–Crippen MR) is 69.2 cm³/mol. The molecule has 1 aromatic rings. The van der Waals surface area contributed by atoms with Crippen LogP contribution in [0.3, 0.4) is 0 Å². The second-order valence-electron chi connectivity index (χ2n) is 3.31. The molecule has 0 saturated heterocycles. The van der Waals surface area contributed by atoms with E-state index >= 15 is 0 Å². The molecule has 0 saturated carbocycles. The highest BCUT2D eigenvalue weighted by Gasteiger charge is 2.09. The van der Waals surface area contributed by atoms with Gasteiger partial charge in [0.15, 0.2) is 11.5 Å². The second-order valence-corrected chi connectivity index (χ2v) is 4.16. The van der Waals surface area contributed by atoms with Crippen LogP contribution in [0.25, 0.3) is 0 Å². The minimum absolute atomic E-state index is 0.638. The summed E-state index contributed by atoms with van der Waals surface area (Å²) < 4.78 is 11.8. The summed E-state index contributed by atoms with van der Waals surface area (Å²) in [4.78, 5) is 0. The van der Waals surface area contributed by atoms with Gasteiger partial charge in [-0.3, -0.25) is 0 Å². The maximum Gasteiger partial charge on any atom is 0.161 e. The Morgan fingerprint density at radius 2 is 2.00 bits per heavy atom. The topological polar surface area (TPSA) is 30.5 Å². The van der Waals surface area contributed by atoms with Gasteiger partial charge in [-0.15, -0.1) is 0 Å². The van der Waals surface area contributed by atoms with Gasteiger partial charge in [0.05, 0.1) is 13.7 Å². The highest BCUT2D eigenvalue weighted by molar-refractivity contribution is 9.10. The van der Waals surface area contributed by atoms with Gasteiger partial charge in [0, 0.05) is 11.0 Å². The number of hydrogen-bond acceptors (Lipinski definition) is 3. The molecule has 1 rings (SSSR count). The molecular weight excluding hydrogens is 270 g/mol. The van der Waals surface area contributed by atoms with Gasteiger partial charge in [0.1, 0.15) is 0 Å². The first-order valence-electron chi connectivity index (χ1n) is 5.42. The Morgan fingerprint density at radius 3 is 2.56 bits per heavy atom. The van der Waals surface area contributed by atoms with Crippen molar-refractivity contribution in [1.82, 2.24) is 5.32 Å². The van der Waals surface area contributed by atoms with Crippen molar-refractivity contribution in [3.8, 4) is 11.5 Å². The van der Waals surface area contributed by atoms with Crippen molar-refractivity contribution < 1.29 is 9.47 Å². The standard InChI is InChI=1S/C12H18BrNO2/c1-4-14-8-9-6-12(16-5-2)11(15-3)7-10(9)13/h6-7,14H,4-5,8H2,1-3H3. The molecule has 0 aliphatic rings. The summed E-state index contributed by atoms with van der Waals surface area (Å²) in [5.41, 5.74) is 1.17. The summed E-state index contributed by atoms with van der Waals surface area (Å²) in [6.07, 6.45) is 0. The Balaban J connectivity index is 2.96. The lowest BCUT2D eigenvalue weighted by molar-refractivity contribution is 0.310. The molecule has 16 heavy (non-hydrogen) atoms. The van der Waals surface area contributed by atoms with Crippen LogP contribution in [0.5, 0.6) is 11.5 Å². The Kier molecular flexibility index (Phi) is 5.63. The molecule has 1 N–H and O–H groups in total. The van der Waals surface area contributed by atoms with E-state index in [-0.39, 0.29) is 0 Å². The molecule has 0 radical (unpaired) electrons. The number of nitrogens with one attached hydrogen (secondary N) is 1. The SMILES string of the molecule is CCNCc1cc(OCC)c(OC)cc1Br. The lowest BCUT2D eigenvalue weighted by atomic mass is 10.2. The predicted octanol–water partition coefficient (Wildman–Crippen LogP) is 2.97. The van der Waals surface area contributed by atoms with E-state index in [0.717, 1.165) is 29.1 Å². The molecule has 0 spiro atoms. The van der Waals surface area contributed by atoms with Gasteiger partial charge >= 0.3 is 0 Å². The zero-order valence-corrected chi connectivity index (χ0v) is 11.6. The Morgan fingerprint density at radius 1 is 1.25 bits per heavy atom. The van der Waals surface area contributed by atoms with Gasteiger partial charge in [0.2, 0.25) is 0 Å². The van der Waals surface area contributed by atoms with Crippen LogP contribution in [0.4, 0.5) is 0 Å². The van der Waals surface area contributed by atoms with Crippen molar-refractivity contribution in [2.45, 2.75) is 20.4 Å². The van der Waals surface area contributed by atoms with Crippen molar-refractivity contribution in [2.24, 2.45) is 0 Å². The molecule has 0 heterocycles. The van der Waals surface area contributed by atoms with Gasteiger partial charge in [-0.05, 0) is 31.2 Å². The summed E-state index contributed by atoms with van der Waals surface area (Å²) in [7, 11) is 1.65. The number of ether oxygens (including phenoxy) is 2. The quantitative estimate of drug-likeness (QED) is 0.873. The van der Waals surface area contributed by atoms with Crippen molar-refractivity contribution in [3.05, 3.63) is 22.2 Å². The van der Waals surface area contributed by atoms with Crippen LogP contribution in [0.15, 0.2) is 16.6 Å². The summed E-state index contributed by atoms with van der Waals surface area (Å²) in [5, 5.41) is 3.29. The lowest BCUT2D eigenvalue weighted by Crippen LogP contribution is -2.12. The zero-order valence-electron chi connectivity index (χ0n) is 9.97. The molecule has 90 valence electrons. The monoisotopic (exact) mass is 287 g/mol. The number of rotatable bonds is 6. The molecule has 0 aliphatic heterocycles. The largest absolute Gasteiger partial charge is 0.493 e. The minimum atomic E-state index is 0.638. The molecule has 0 bridgehead atoms. The maximum atomic E-state index is 5.53. The number of benzene rings is 1. The molecule has 0 aliphatic carbocycles. The average Bonchev–Trinajstić information content (AvgIpc) is 2.29. The fourth-order valence-corrected chi connectivity index (χ4v) is 1.86. The zero-order chi connectivity index (χ0) is 12.0. The molecule has 0 amide bonds. The first-order chi connectivity index (χ1) is 7.72. The van der Waals surface area contributed by atoms with E-state index in [0.29, 0.717) is 6.61 Å². The van der Waals surface area contributed by atoms with Crippen LogP contribution in [0, 0.1) is 0 Å². The Bertz CT molecular complexity index is 342. The first-order valence-corrected chi connectivity index (χ1v) is 6.22. The van der Waals surface area contributed by atoms with Crippen LogP contribution >= 0.6 is 15.9 Å². The van der Waals surface area contributed by atoms with E-state index in [1.54, 1.807) is 7.11 Å². The van der Waals surface area contributed by atoms with Crippen molar-refractivity contribution >= 4 is 15.9 Å². The lowest BCUT2D eigenvalue weighted by Gasteiger charge is -2.13. The number of halogens is 1. The second kappa shape index (κ2) is 6.76. The van der Waals surface area contributed by atoms with Crippen LogP contribution in [-0.4, -0.2) is 20.3 Å². The minimum Gasteiger partial charge on any atom is -0.493 e. The van der Waals surface area contributed by atoms with E-state index in [9.17, 15) is 0 Å². The van der Waals surface area contributed by atoms with E-state index in [2.05, 4.69) is 28.2 Å². The van der Waals surface area contributed by atoms with Crippen molar-refractivity contribution in [2.75, 3.05) is 20.3 Å². The third-order valence-electron chi connectivity index (χ3n) is 2.20. The number of hydrogen-bond donors (Lipinski definition) is 1. The van der Waals surface area contributed by atoms with Crippen LogP contribution in [0.2, 0.25) is 0 Å². The molecule has 1 aromatic carbocycles. The van der Waals surface area contributed by atoms with Crippen LogP contribution < -0.4 is 14.8 Å². The van der Waals surface area contributed by atoms with Crippen molar-refractivity contribution in [1.29, 1.82) is 0 Å².